The lowest BCUT2D eigenvalue weighted by Gasteiger charge is -2.02. The van der Waals surface area contributed by atoms with Gasteiger partial charge in [0.25, 0.3) is 5.56 Å². The van der Waals surface area contributed by atoms with Crippen molar-refractivity contribution in [1.82, 2.24) is 19.5 Å². The van der Waals surface area contributed by atoms with Crippen LogP contribution < -0.4 is 5.56 Å². The molecular formula is C9H7ClN4O. The summed E-state index contributed by atoms with van der Waals surface area (Å²) in [5.74, 6) is 0. The van der Waals surface area contributed by atoms with Gasteiger partial charge in [0.05, 0.1) is 30.8 Å². The molecule has 0 spiro atoms. The summed E-state index contributed by atoms with van der Waals surface area (Å²) in [5, 5.41) is 0.334. The fourth-order valence-corrected chi connectivity index (χ4v) is 1.20. The van der Waals surface area contributed by atoms with Crippen molar-refractivity contribution in [3.05, 3.63) is 52.2 Å². The molecule has 0 N–H and O–H groups in total. The van der Waals surface area contributed by atoms with Gasteiger partial charge in [0, 0.05) is 12.4 Å². The summed E-state index contributed by atoms with van der Waals surface area (Å²) in [6, 6.07) is 0. The zero-order chi connectivity index (χ0) is 10.7. The summed E-state index contributed by atoms with van der Waals surface area (Å²) in [6.45, 7) is 0.367. The second kappa shape index (κ2) is 4.18. The molecule has 5 nitrogen and oxygen atoms in total. The van der Waals surface area contributed by atoms with Crippen LogP contribution in [0.1, 0.15) is 5.69 Å². The Kier molecular flexibility index (Phi) is 2.73. The number of rotatable bonds is 2. The summed E-state index contributed by atoms with van der Waals surface area (Å²) >= 11 is 5.59. The molecule has 0 radical (unpaired) electrons. The second-order valence-electron chi connectivity index (χ2n) is 2.87. The van der Waals surface area contributed by atoms with E-state index in [9.17, 15) is 4.79 Å². The summed E-state index contributed by atoms with van der Waals surface area (Å²) in [4.78, 5) is 22.9. The molecule has 0 aliphatic heterocycles. The van der Waals surface area contributed by atoms with Crippen LogP contribution in [0.3, 0.4) is 0 Å². The van der Waals surface area contributed by atoms with Gasteiger partial charge >= 0.3 is 0 Å². The van der Waals surface area contributed by atoms with Crippen molar-refractivity contribution in [2.24, 2.45) is 0 Å². The second-order valence-corrected chi connectivity index (χ2v) is 3.26. The zero-order valence-electron chi connectivity index (χ0n) is 7.67. The Morgan fingerprint density at radius 1 is 1.27 bits per heavy atom. The maximum atomic E-state index is 11.3. The van der Waals surface area contributed by atoms with E-state index in [-0.39, 0.29) is 5.56 Å². The van der Waals surface area contributed by atoms with Gasteiger partial charge in [0.15, 0.2) is 0 Å². The molecule has 0 atom stereocenters. The van der Waals surface area contributed by atoms with E-state index in [2.05, 4.69) is 15.0 Å². The molecule has 0 aliphatic carbocycles. The molecule has 2 aromatic heterocycles. The molecular weight excluding hydrogens is 216 g/mol. The maximum Gasteiger partial charge on any atom is 0.269 e. The molecule has 0 aliphatic rings. The lowest BCUT2D eigenvalue weighted by Crippen LogP contribution is -2.19. The van der Waals surface area contributed by atoms with Crippen LogP contribution in [-0.4, -0.2) is 19.5 Å². The monoisotopic (exact) mass is 222 g/mol. The Morgan fingerprint density at radius 3 is 2.80 bits per heavy atom. The Labute approximate surface area is 90.4 Å². The first kappa shape index (κ1) is 9.79. The molecule has 0 fully saturated rings. The maximum absolute atomic E-state index is 11.3. The molecule has 6 heteroatoms. The molecule has 15 heavy (non-hydrogen) atoms. The van der Waals surface area contributed by atoms with Gasteiger partial charge in [-0.2, -0.15) is 0 Å². The molecule has 0 bridgehead atoms. The lowest BCUT2D eigenvalue weighted by atomic mass is 10.4. The van der Waals surface area contributed by atoms with Gasteiger partial charge < -0.3 is 4.57 Å². The molecule has 0 aromatic carbocycles. The van der Waals surface area contributed by atoms with E-state index in [0.29, 0.717) is 17.4 Å². The predicted molar refractivity (Wildman–Crippen MR) is 54.6 cm³/mol. The predicted octanol–water partition coefficient (Wildman–Crippen LogP) is 0.735. The standard InChI is InChI=1S/C9H7ClN4O/c10-8-4-12-7(3-13-8)6-14-2-1-11-5-9(14)15/h1-5H,6H2. The van der Waals surface area contributed by atoms with Crippen molar-refractivity contribution in [1.29, 1.82) is 0 Å². The summed E-state index contributed by atoms with van der Waals surface area (Å²) < 4.78 is 1.49. The molecule has 0 amide bonds. The van der Waals surface area contributed by atoms with E-state index in [1.54, 1.807) is 12.4 Å². The first-order valence-electron chi connectivity index (χ1n) is 4.22. The highest BCUT2D eigenvalue weighted by atomic mass is 35.5. The molecule has 0 saturated carbocycles. The van der Waals surface area contributed by atoms with E-state index in [1.165, 1.54) is 23.2 Å². The average molecular weight is 223 g/mol. The summed E-state index contributed by atoms with van der Waals surface area (Å²) in [6.07, 6.45) is 7.38. The van der Waals surface area contributed by atoms with Gasteiger partial charge in [-0.05, 0) is 0 Å². The SMILES string of the molecule is O=c1cnccn1Cc1cnc(Cl)cn1. The minimum atomic E-state index is -0.172. The van der Waals surface area contributed by atoms with E-state index in [4.69, 9.17) is 11.6 Å². The van der Waals surface area contributed by atoms with Gasteiger partial charge in [-0.15, -0.1) is 0 Å². The fourth-order valence-electron chi connectivity index (χ4n) is 1.10. The summed E-state index contributed by atoms with van der Waals surface area (Å²) in [5.41, 5.74) is 0.502. The van der Waals surface area contributed by atoms with Crippen molar-refractivity contribution in [3.8, 4) is 0 Å². The van der Waals surface area contributed by atoms with Crippen LogP contribution in [0.2, 0.25) is 5.15 Å². The first-order chi connectivity index (χ1) is 7.25. The third-order valence-electron chi connectivity index (χ3n) is 1.81. The highest BCUT2D eigenvalue weighted by molar-refractivity contribution is 6.29. The zero-order valence-corrected chi connectivity index (χ0v) is 8.42. The van der Waals surface area contributed by atoms with Crippen molar-refractivity contribution in [3.63, 3.8) is 0 Å². The lowest BCUT2D eigenvalue weighted by molar-refractivity contribution is 0.725. The molecule has 0 saturated heterocycles. The molecule has 2 aromatic rings. The number of hydrogen-bond acceptors (Lipinski definition) is 4. The number of halogens is 1. The van der Waals surface area contributed by atoms with Crippen LogP contribution in [0.25, 0.3) is 0 Å². The van der Waals surface area contributed by atoms with E-state index < -0.39 is 0 Å². The highest BCUT2D eigenvalue weighted by Gasteiger charge is 1.99. The smallest absolute Gasteiger partial charge is 0.269 e. The molecule has 76 valence electrons. The molecule has 2 rings (SSSR count). The minimum Gasteiger partial charge on any atom is -0.307 e. The third kappa shape index (κ3) is 2.38. The van der Waals surface area contributed by atoms with E-state index in [1.807, 2.05) is 0 Å². The minimum absolute atomic E-state index is 0.172. The number of hydrogen-bond donors (Lipinski definition) is 0. The van der Waals surface area contributed by atoms with Crippen LogP contribution >= 0.6 is 11.6 Å². The van der Waals surface area contributed by atoms with Gasteiger partial charge in [0.1, 0.15) is 5.15 Å². The third-order valence-corrected chi connectivity index (χ3v) is 2.00. The average Bonchev–Trinajstić information content (AvgIpc) is 2.25. The van der Waals surface area contributed by atoms with Crippen molar-refractivity contribution in [2.45, 2.75) is 6.54 Å². The highest BCUT2D eigenvalue weighted by Crippen LogP contribution is 2.01. The van der Waals surface area contributed by atoms with Crippen LogP contribution in [0, 0.1) is 0 Å². The van der Waals surface area contributed by atoms with Gasteiger partial charge in [-0.25, -0.2) is 4.98 Å². The summed E-state index contributed by atoms with van der Waals surface area (Å²) in [7, 11) is 0. The Morgan fingerprint density at radius 2 is 2.13 bits per heavy atom. The van der Waals surface area contributed by atoms with Crippen molar-refractivity contribution >= 4 is 11.6 Å². The first-order valence-corrected chi connectivity index (χ1v) is 4.60. The van der Waals surface area contributed by atoms with Crippen LogP contribution in [-0.2, 0) is 6.54 Å². The van der Waals surface area contributed by atoms with Gasteiger partial charge in [-0.1, -0.05) is 11.6 Å². The molecule has 2 heterocycles. The Hall–Kier alpha value is -1.75. The van der Waals surface area contributed by atoms with Crippen molar-refractivity contribution < 1.29 is 0 Å². The van der Waals surface area contributed by atoms with Crippen molar-refractivity contribution in [2.75, 3.05) is 0 Å². The Balaban J connectivity index is 2.26. The van der Waals surface area contributed by atoms with E-state index in [0.717, 1.165) is 0 Å². The molecule has 0 unspecified atom stereocenters. The van der Waals surface area contributed by atoms with Gasteiger partial charge in [0.2, 0.25) is 0 Å². The van der Waals surface area contributed by atoms with Crippen LogP contribution in [0.15, 0.2) is 35.8 Å². The number of aromatic nitrogens is 4. The Bertz CT molecular complexity index is 508. The van der Waals surface area contributed by atoms with E-state index >= 15 is 0 Å². The number of nitrogens with zero attached hydrogens (tertiary/aromatic N) is 4. The quantitative estimate of drug-likeness (QED) is 0.752. The largest absolute Gasteiger partial charge is 0.307 e. The normalized spacial score (nSPS) is 10.2. The topological polar surface area (TPSA) is 60.7 Å². The van der Waals surface area contributed by atoms with Crippen LogP contribution in [0.4, 0.5) is 0 Å². The van der Waals surface area contributed by atoms with Gasteiger partial charge in [-0.3, -0.25) is 14.8 Å². The fraction of sp³-hybridized carbons (Fsp3) is 0.111. The van der Waals surface area contributed by atoms with Crippen LogP contribution in [0.5, 0.6) is 0 Å².